The van der Waals surface area contributed by atoms with E-state index in [0.29, 0.717) is 18.2 Å². The zero-order valence-electron chi connectivity index (χ0n) is 16.6. The summed E-state index contributed by atoms with van der Waals surface area (Å²) in [6.07, 6.45) is 4.09. The van der Waals surface area contributed by atoms with Crippen LogP contribution in [-0.2, 0) is 13.0 Å². The summed E-state index contributed by atoms with van der Waals surface area (Å²) in [6, 6.07) is 16.2. The van der Waals surface area contributed by atoms with Crippen LogP contribution in [0.25, 0.3) is 11.1 Å². The molecule has 1 aliphatic rings. The largest absolute Gasteiger partial charge is 0.344 e. The summed E-state index contributed by atoms with van der Waals surface area (Å²) in [5, 5.41) is 0. The first-order valence-electron chi connectivity index (χ1n) is 9.69. The molecular weight excluding hydrogens is 364 g/mol. The number of hydrogen-bond donors (Lipinski definition) is 1. The number of amides is 1. The highest BCUT2D eigenvalue weighted by Crippen LogP contribution is 2.23. The van der Waals surface area contributed by atoms with Crippen LogP contribution in [0, 0.1) is 0 Å². The van der Waals surface area contributed by atoms with Crippen LogP contribution < -0.4 is 5.69 Å². The predicted molar refractivity (Wildman–Crippen MR) is 113 cm³/mol. The number of carbonyl (C=O) groups excluding carboxylic acids is 1. The zero-order valence-corrected chi connectivity index (χ0v) is 16.6. The number of nitrogens with zero attached hydrogens (tertiary/aromatic N) is 3. The van der Waals surface area contributed by atoms with E-state index in [1.165, 1.54) is 17.3 Å². The van der Waals surface area contributed by atoms with Crippen LogP contribution in [-0.4, -0.2) is 52.4 Å². The Labute approximate surface area is 169 Å². The zero-order chi connectivity index (χ0) is 20.4. The Morgan fingerprint density at radius 3 is 2.55 bits per heavy atom. The second-order valence-corrected chi connectivity index (χ2v) is 7.61. The van der Waals surface area contributed by atoms with Gasteiger partial charge in [0, 0.05) is 49.7 Å². The number of aromatic amines is 1. The summed E-state index contributed by atoms with van der Waals surface area (Å²) >= 11 is 0. The summed E-state index contributed by atoms with van der Waals surface area (Å²) in [4.78, 5) is 34.4. The van der Waals surface area contributed by atoms with Gasteiger partial charge in [-0.25, -0.2) is 9.78 Å². The van der Waals surface area contributed by atoms with Crippen molar-refractivity contribution in [3.8, 4) is 11.1 Å². The van der Waals surface area contributed by atoms with Crippen LogP contribution in [0.2, 0.25) is 0 Å². The van der Waals surface area contributed by atoms with Gasteiger partial charge in [-0.15, -0.1) is 0 Å². The molecule has 0 spiro atoms. The van der Waals surface area contributed by atoms with Crippen molar-refractivity contribution in [2.24, 2.45) is 0 Å². The highest BCUT2D eigenvalue weighted by atomic mass is 16.2. The van der Waals surface area contributed by atoms with Gasteiger partial charge in [0.15, 0.2) is 0 Å². The fourth-order valence-electron chi connectivity index (χ4n) is 3.85. The molecule has 148 valence electrons. The molecule has 2 heterocycles. The lowest BCUT2D eigenvalue weighted by Crippen LogP contribution is -2.46. The number of benzene rings is 2. The van der Waals surface area contributed by atoms with E-state index >= 15 is 0 Å². The van der Waals surface area contributed by atoms with E-state index in [-0.39, 0.29) is 11.6 Å². The quantitative estimate of drug-likeness (QED) is 0.746. The van der Waals surface area contributed by atoms with Gasteiger partial charge < -0.3 is 9.88 Å². The lowest BCUT2D eigenvalue weighted by atomic mass is 9.94. The average molecular weight is 388 g/mol. The van der Waals surface area contributed by atoms with Crippen molar-refractivity contribution in [1.82, 2.24) is 19.8 Å². The average Bonchev–Trinajstić information content (AvgIpc) is 2.74. The molecule has 2 aromatic carbocycles. The van der Waals surface area contributed by atoms with Crippen molar-refractivity contribution in [3.05, 3.63) is 88.1 Å². The SMILES string of the molecule is CN(C[C@H]1Cc2ccccc2CN1C)C(=O)c1ccc(-c2cnc(=O)[nH]c2)cc1. The van der Waals surface area contributed by atoms with Gasteiger partial charge in [-0.05, 0) is 42.3 Å². The lowest BCUT2D eigenvalue weighted by molar-refractivity contribution is 0.0733. The minimum Gasteiger partial charge on any atom is -0.340 e. The number of aromatic nitrogens is 2. The third-order valence-electron chi connectivity index (χ3n) is 5.59. The minimum absolute atomic E-state index is 0.00315. The summed E-state index contributed by atoms with van der Waals surface area (Å²) < 4.78 is 0. The smallest absolute Gasteiger partial charge is 0.340 e. The van der Waals surface area contributed by atoms with E-state index in [4.69, 9.17) is 0 Å². The summed E-state index contributed by atoms with van der Waals surface area (Å²) in [5.41, 5.74) is 4.71. The van der Waals surface area contributed by atoms with E-state index < -0.39 is 0 Å². The molecule has 1 aromatic heterocycles. The molecule has 0 bridgehead atoms. The van der Waals surface area contributed by atoms with Crippen LogP contribution >= 0.6 is 0 Å². The molecule has 0 unspecified atom stereocenters. The minimum atomic E-state index is -0.377. The third-order valence-corrected chi connectivity index (χ3v) is 5.59. The normalized spacial score (nSPS) is 16.3. The number of fused-ring (bicyclic) bond motifs is 1. The van der Waals surface area contributed by atoms with Crippen LogP contribution in [0.3, 0.4) is 0 Å². The van der Waals surface area contributed by atoms with Crippen molar-refractivity contribution in [2.45, 2.75) is 19.0 Å². The van der Waals surface area contributed by atoms with Gasteiger partial charge in [0.2, 0.25) is 0 Å². The number of rotatable bonds is 4. The predicted octanol–water partition coefficient (Wildman–Crippen LogP) is 2.57. The molecule has 0 radical (unpaired) electrons. The number of hydrogen-bond acceptors (Lipinski definition) is 4. The molecule has 6 nitrogen and oxygen atoms in total. The molecular formula is C23H24N4O2. The fourth-order valence-corrected chi connectivity index (χ4v) is 3.85. The number of likely N-dealkylation sites (N-methyl/N-ethyl adjacent to an activating group) is 2. The maximum Gasteiger partial charge on any atom is 0.344 e. The van der Waals surface area contributed by atoms with Crippen molar-refractivity contribution >= 4 is 5.91 Å². The van der Waals surface area contributed by atoms with Crippen molar-refractivity contribution in [2.75, 3.05) is 20.6 Å². The molecule has 4 rings (SSSR count). The van der Waals surface area contributed by atoms with E-state index in [1.807, 2.05) is 31.3 Å². The second kappa shape index (κ2) is 8.01. The van der Waals surface area contributed by atoms with Gasteiger partial charge in [0.1, 0.15) is 0 Å². The number of carbonyl (C=O) groups is 1. The first-order valence-corrected chi connectivity index (χ1v) is 9.69. The van der Waals surface area contributed by atoms with Crippen LogP contribution in [0.15, 0.2) is 65.7 Å². The molecule has 1 aliphatic heterocycles. The first kappa shape index (κ1) is 19.1. The molecule has 6 heteroatoms. The second-order valence-electron chi connectivity index (χ2n) is 7.61. The lowest BCUT2D eigenvalue weighted by Gasteiger charge is -2.36. The Morgan fingerprint density at radius 2 is 1.86 bits per heavy atom. The summed E-state index contributed by atoms with van der Waals surface area (Å²) in [6.45, 7) is 1.58. The van der Waals surface area contributed by atoms with Gasteiger partial charge in [-0.3, -0.25) is 9.69 Å². The molecule has 0 fully saturated rings. The van der Waals surface area contributed by atoms with Crippen LogP contribution in [0.5, 0.6) is 0 Å². The summed E-state index contributed by atoms with van der Waals surface area (Å²) in [7, 11) is 3.97. The molecule has 3 aromatic rings. The van der Waals surface area contributed by atoms with Crippen molar-refractivity contribution in [3.63, 3.8) is 0 Å². The molecule has 1 atom stereocenters. The third kappa shape index (κ3) is 4.12. The van der Waals surface area contributed by atoms with Gasteiger partial charge in [-0.1, -0.05) is 36.4 Å². The number of nitrogens with one attached hydrogen (secondary N) is 1. The molecule has 1 N–H and O–H groups in total. The molecule has 0 aliphatic carbocycles. The van der Waals surface area contributed by atoms with Gasteiger partial charge in [0.25, 0.3) is 5.91 Å². The Bertz CT molecular complexity index is 1050. The van der Waals surface area contributed by atoms with Gasteiger partial charge in [-0.2, -0.15) is 0 Å². The van der Waals surface area contributed by atoms with Gasteiger partial charge >= 0.3 is 5.69 Å². The Kier molecular flexibility index (Phi) is 5.27. The molecule has 0 saturated heterocycles. The maximum absolute atomic E-state index is 12.9. The molecule has 1 amide bonds. The highest BCUT2D eigenvalue weighted by Gasteiger charge is 2.25. The Balaban J connectivity index is 1.44. The number of H-pyrrole nitrogens is 1. The van der Waals surface area contributed by atoms with Crippen molar-refractivity contribution in [1.29, 1.82) is 0 Å². The summed E-state index contributed by atoms with van der Waals surface area (Å²) in [5.74, 6) is 0.00315. The Hall–Kier alpha value is -3.25. The molecule has 0 saturated carbocycles. The topological polar surface area (TPSA) is 69.3 Å². The van der Waals surface area contributed by atoms with Crippen molar-refractivity contribution < 1.29 is 4.79 Å². The van der Waals surface area contributed by atoms with Crippen LogP contribution in [0.1, 0.15) is 21.5 Å². The van der Waals surface area contributed by atoms with E-state index in [0.717, 1.165) is 24.1 Å². The first-order chi connectivity index (χ1) is 14.0. The maximum atomic E-state index is 12.9. The highest BCUT2D eigenvalue weighted by molar-refractivity contribution is 5.94. The van der Waals surface area contributed by atoms with E-state index in [1.54, 1.807) is 11.1 Å². The Morgan fingerprint density at radius 1 is 1.14 bits per heavy atom. The monoisotopic (exact) mass is 388 g/mol. The van der Waals surface area contributed by atoms with E-state index in [2.05, 4.69) is 46.2 Å². The standard InChI is InChI=1S/C23H24N4O2/c1-26-14-19-6-4-3-5-18(19)11-21(26)15-27(2)22(28)17-9-7-16(8-10-17)20-12-24-23(29)25-13-20/h3-10,12-13,21H,11,14-15H2,1-2H3,(H,24,25,29)/t21-/m1/s1. The van der Waals surface area contributed by atoms with E-state index in [9.17, 15) is 9.59 Å². The fraction of sp³-hybridized carbons (Fsp3) is 0.261. The molecule has 29 heavy (non-hydrogen) atoms. The van der Waals surface area contributed by atoms with Crippen LogP contribution in [0.4, 0.5) is 0 Å². The van der Waals surface area contributed by atoms with Gasteiger partial charge in [0.05, 0.1) is 0 Å².